The molecule has 0 unspecified atom stereocenters. The molecule has 12 heavy (non-hydrogen) atoms. The lowest BCUT2D eigenvalue weighted by atomic mass is 10.5. The van der Waals surface area contributed by atoms with Crippen LogP contribution in [0, 0.1) is 0 Å². The van der Waals surface area contributed by atoms with Crippen molar-refractivity contribution in [2.45, 2.75) is 0 Å². The van der Waals surface area contributed by atoms with Crippen LogP contribution in [-0.2, 0) is 23.9 Å². The van der Waals surface area contributed by atoms with Crippen molar-refractivity contribution < 1.29 is 29.0 Å². The molecule has 0 amide bonds. The summed E-state index contributed by atoms with van der Waals surface area (Å²) in [4.78, 5) is 29.8. The summed E-state index contributed by atoms with van der Waals surface area (Å²) in [6.45, 7) is -0.416. The van der Waals surface area contributed by atoms with Crippen LogP contribution < -0.4 is 0 Å². The second-order valence-electron chi connectivity index (χ2n) is 1.52. The lowest BCUT2D eigenvalue weighted by molar-refractivity contribution is -0.155. The topological polar surface area (TPSA) is 89.9 Å². The van der Waals surface area contributed by atoms with Crippen LogP contribution in [0.5, 0.6) is 0 Å². The third-order valence-electron chi connectivity index (χ3n) is 0.699. The molecule has 0 aliphatic heterocycles. The predicted molar refractivity (Wildman–Crippen MR) is 34.9 cm³/mol. The smallest absolute Gasteiger partial charge is 0.333 e. The maximum Gasteiger partial charge on any atom is 0.333 e. The van der Waals surface area contributed by atoms with Crippen molar-refractivity contribution in [3.63, 3.8) is 0 Å². The Balaban J connectivity index is 3.59. The Bertz CT molecular complexity index is 206. The lowest BCUT2D eigenvalue weighted by Crippen LogP contribution is -2.05. The van der Waals surface area contributed by atoms with Crippen LogP contribution in [-0.4, -0.2) is 30.3 Å². The fourth-order valence-electron chi connectivity index (χ4n) is 0.307. The molecule has 66 valence electrons. The molecular formula is C6H6O6. The van der Waals surface area contributed by atoms with Crippen molar-refractivity contribution in [1.29, 1.82) is 0 Å². The van der Waals surface area contributed by atoms with Gasteiger partial charge in [0.2, 0.25) is 6.79 Å². The maximum absolute atomic E-state index is 10.5. The zero-order valence-electron chi connectivity index (χ0n) is 5.93. The molecule has 0 aromatic carbocycles. The Morgan fingerprint density at radius 2 is 2.00 bits per heavy atom. The van der Waals surface area contributed by atoms with Crippen molar-refractivity contribution in [1.82, 2.24) is 0 Å². The summed E-state index contributed by atoms with van der Waals surface area (Å²) in [5.41, 5.74) is 0. The predicted octanol–water partition coefficient (Wildman–Crippen LogP) is -0.699. The van der Waals surface area contributed by atoms with Crippen LogP contribution in [0.2, 0.25) is 0 Å². The molecule has 0 spiro atoms. The molecule has 6 nitrogen and oxygen atoms in total. The molecule has 0 saturated carbocycles. The van der Waals surface area contributed by atoms with E-state index in [9.17, 15) is 14.4 Å². The van der Waals surface area contributed by atoms with Crippen molar-refractivity contribution in [3.05, 3.63) is 12.2 Å². The summed E-state index contributed by atoms with van der Waals surface area (Å²) < 4.78 is 8.20. The van der Waals surface area contributed by atoms with Crippen LogP contribution in [0.25, 0.3) is 0 Å². The summed E-state index contributed by atoms with van der Waals surface area (Å²) in [5.74, 6) is -2.15. The van der Waals surface area contributed by atoms with Gasteiger partial charge in [0.15, 0.2) is 0 Å². The van der Waals surface area contributed by atoms with Crippen LogP contribution in [0.1, 0.15) is 0 Å². The van der Waals surface area contributed by atoms with Gasteiger partial charge in [-0.15, -0.1) is 0 Å². The molecule has 0 aromatic rings. The first kappa shape index (κ1) is 10.2. The van der Waals surface area contributed by atoms with Crippen LogP contribution in [0.3, 0.4) is 0 Å². The molecule has 0 bridgehead atoms. The molecule has 6 heteroatoms. The molecule has 0 aromatic heterocycles. The molecule has 0 rings (SSSR count). The van der Waals surface area contributed by atoms with Gasteiger partial charge in [0.05, 0.1) is 0 Å². The van der Waals surface area contributed by atoms with E-state index in [1.807, 2.05) is 0 Å². The summed E-state index contributed by atoms with van der Waals surface area (Å²) in [6, 6.07) is 0. The number of rotatable bonds is 5. The fraction of sp³-hybridized carbons (Fsp3) is 0.167. The molecule has 0 aliphatic rings. The Morgan fingerprint density at radius 3 is 2.50 bits per heavy atom. The first-order valence-electron chi connectivity index (χ1n) is 2.80. The van der Waals surface area contributed by atoms with E-state index < -0.39 is 18.7 Å². The number of carbonyl (C=O) groups excluding carboxylic acids is 2. The number of carboxylic acid groups (broad SMARTS) is 1. The van der Waals surface area contributed by atoms with Crippen molar-refractivity contribution in [2.75, 3.05) is 6.79 Å². The SMILES string of the molecule is O=COCOC(=O)C=CC(=O)O. The minimum absolute atomic E-state index is 0.105. The molecule has 0 fully saturated rings. The van der Waals surface area contributed by atoms with E-state index in [1.165, 1.54) is 0 Å². The van der Waals surface area contributed by atoms with Gasteiger partial charge in [-0.2, -0.15) is 0 Å². The average molecular weight is 174 g/mol. The van der Waals surface area contributed by atoms with E-state index in [2.05, 4.69) is 9.47 Å². The summed E-state index contributed by atoms with van der Waals surface area (Å²) in [7, 11) is 0. The van der Waals surface area contributed by atoms with E-state index in [4.69, 9.17) is 5.11 Å². The minimum atomic E-state index is -1.26. The summed E-state index contributed by atoms with van der Waals surface area (Å²) in [5, 5.41) is 8.05. The molecule has 0 saturated heterocycles. The molecule has 0 atom stereocenters. The van der Waals surface area contributed by atoms with Crippen molar-refractivity contribution in [2.24, 2.45) is 0 Å². The highest BCUT2D eigenvalue weighted by atomic mass is 16.7. The molecule has 0 aliphatic carbocycles. The monoisotopic (exact) mass is 174 g/mol. The van der Waals surface area contributed by atoms with Crippen molar-refractivity contribution in [3.8, 4) is 0 Å². The second kappa shape index (κ2) is 5.90. The standard InChI is InChI=1S/C6H6O6/c7-3-11-4-12-6(10)2-1-5(8)9/h1-3H,4H2,(H,8,9). The van der Waals surface area contributed by atoms with Gasteiger partial charge in [-0.05, 0) is 0 Å². The van der Waals surface area contributed by atoms with Gasteiger partial charge in [-0.1, -0.05) is 0 Å². The maximum atomic E-state index is 10.5. The summed E-state index contributed by atoms with van der Waals surface area (Å²) >= 11 is 0. The van der Waals surface area contributed by atoms with Gasteiger partial charge in [-0.25, -0.2) is 9.59 Å². The molecule has 0 heterocycles. The number of aliphatic carboxylic acids is 1. The first-order valence-corrected chi connectivity index (χ1v) is 2.80. The Morgan fingerprint density at radius 1 is 1.33 bits per heavy atom. The number of carboxylic acids is 1. The van der Waals surface area contributed by atoms with E-state index >= 15 is 0 Å². The van der Waals surface area contributed by atoms with Gasteiger partial charge >= 0.3 is 11.9 Å². The van der Waals surface area contributed by atoms with Gasteiger partial charge < -0.3 is 14.6 Å². The zero-order valence-corrected chi connectivity index (χ0v) is 5.93. The third-order valence-corrected chi connectivity index (χ3v) is 0.699. The van der Waals surface area contributed by atoms with Gasteiger partial charge in [0.25, 0.3) is 6.47 Å². The van der Waals surface area contributed by atoms with Crippen LogP contribution >= 0.6 is 0 Å². The van der Waals surface area contributed by atoms with E-state index in [-0.39, 0.29) is 6.47 Å². The van der Waals surface area contributed by atoms with Gasteiger partial charge in [-0.3, -0.25) is 4.79 Å². The van der Waals surface area contributed by atoms with Crippen LogP contribution in [0.4, 0.5) is 0 Å². The van der Waals surface area contributed by atoms with E-state index in [0.29, 0.717) is 12.2 Å². The molecule has 0 radical (unpaired) electrons. The number of ether oxygens (including phenoxy) is 2. The highest BCUT2D eigenvalue weighted by Crippen LogP contribution is 1.81. The van der Waals surface area contributed by atoms with Gasteiger partial charge in [0, 0.05) is 12.2 Å². The van der Waals surface area contributed by atoms with Crippen molar-refractivity contribution >= 4 is 18.4 Å². The van der Waals surface area contributed by atoms with E-state index in [1.54, 1.807) is 0 Å². The fourth-order valence-corrected chi connectivity index (χ4v) is 0.307. The van der Waals surface area contributed by atoms with Gasteiger partial charge in [0.1, 0.15) is 0 Å². The number of carbonyl (C=O) groups is 3. The highest BCUT2D eigenvalue weighted by Gasteiger charge is 1.96. The second-order valence-corrected chi connectivity index (χ2v) is 1.52. The normalized spacial score (nSPS) is 9.33. The third kappa shape index (κ3) is 6.27. The quantitative estimate of drug-likeness (QED) is 0.195. The largest absolute Gasteiger partial charge is 0.478 e. The minimum Gasteiger partial charge on any atom is -0.478 e. The van der Waals surface area contributed by atoms with E-state index in [0.717, 1.165) is 0 Å². The van der Waals surface area contributed by atoms with Crippen LogP contribution in [0.15, 0.2) is 12.2 Å². The Labute approximate surface area is 67.4 Å². The Kier molecular flexibility index (Phi) is 4.99. The zero-order chi connectivity index (χ0) is 9.40. The first-order chi connectivity index (χ1) is 5.66. The number of esters is 1. The number of hydrogen-bond acceptors (Lipinski definition) is 5. The molecular weight excluding hydrogens is 168 g/mol. The Hall–Kier alpha value is -1.85. The molecule has 1 N–H and O–H groups in total. The number of hydrogen-bond donors (Lipinski definition) is 1. The summed E-state index contributed by atoms with van der Waals surface area (Å²) in [6.07, 6.45) is 1.32. The highest BCUT2D eigenvalue weighted by molar-refractivity contribution is 5.90. The lowest BCUT2D eigenvalue weighted by Gasteiger charge is -1.96. The average Bonchev–Trinajstić information content (AvgIpc) is 2.01.